The Morgan fingerprint density at radius 3 is 2.61 bits per heavy atom. The molecule has 0 bridgehead atoms. The number of nitrogens with one attached hydrogen (secondary N) is 1. The van der Waals surface area contributed by atoms with Crippen LogP contribution in [0.25, 0.3) is 0 Å². The lowest BCUT2D eigenvalue weighted by atomic mass is 10.2. The molecule has 0 atom stereocenters. The molecule has 0 unspecified atom stereocenters. The largest absolute Gasteiger partial charge is 0.472 e. The Morgan fingerprint density at radius 2 is 2.00 bits per heavy atom. The van der Waals surface area contributed by atoms with Crippen LogP contribution in [0.4, 0.5) is 18.9 Å². The normalized spacial score (nSPS) is 11.1. The molecule has 0 radical (unpaired) electrons. The molecule has 1 heterocycles. The van der Waals surface area contributed by atoms with Crippen LogP contribution in [0, 0.1) is 0 Å². The maximum Gasteiger partial charge on any atom is 0.417 e. The van der Waals surface area contributed by atoms with Gasteiger partial charge < -0.3 is 14.5 Å². The molecule has 5 nitrogen and oxygen atoms in total. The first-order valence-electron chi connectivity index (χ1n) is 6.13. The predicted octanol–water partition coefficient (Wildman–Crippen LogP) is 3.75. The molecule has 1 aromatic carbocycles. The fourth-order valence-corrected chi connectivity index (χ4v) is 1.84. The zero-order valence-electron chi connectivity index (χ0n) is 11.3. The Morgan fingerprint density at radius 1 is 1.26 bits per heavy atom. The molecule has 0 aliphatic carbocycles. The molecule has 9 heteroatoms. The van der Waals surface area contributed by atoms with E-state index in [4.69, 9.17) is 11.6 Å². The summed E-state index contributed by atoms with van der Waals surface area (Å²) in [4.78, 5) is 23.1. The second kappa shape index (κ2) is 6.74. The second-order valence-electron chi connectivity index (χ2n) is 4.33. The number of alkyl halides is 3. The van der Waals surface area contributed by atoms with Crippen molar-refractivity contribution in [2.75, 3.05) is 11.9 Å². The van der Waals surface area contributed by atoms with Crippen molar-refractivity contribution in [3.63, 3.8) is 0 Å². The lowest BCUT2D eigenvalue weighted by Crippen LogP contribution is -2.21. The molecule has 0 fully saturated rings. The number of amides is 1. The molecule has 2 rings (SSSR count). The van der Waals surface area contributed by atoms with Crippen LogP contribution in [0.15, 0.2) is 41.2 Å². The Bertz CT molecular complexity index is 713. The molecule has 1 N–H and O–H groups in total. The van der Waals surface area contributed by atoms with E-state index in [1.165, 1.54) is 18.4 Å². The van der Waals surface area contributed by atoms with Gasteiger partial charge in [0.05, 0.1) is 22.4 Å². The summed E-state index contributed by atoms with van der Waals surface area (Å²) in [7, 11) is 0. The Balaban J connectivity index is 1.97. The highest BCUT2D eigenvalue weighted by molar-refractivity contribution is 6.31. The third-order valence-electron chi connectivity index (χ3n) is 2.65. The lowest BCUT2D eigenvalue weighted by molar-refractivity contribution is -0.137. The number of esters is 1. The highest BCUT2D eigenvalue weighted by Crippen LogP contribution is 2.36. The molecule has 122 valence electrons. The molecule has 1 amide bonds. The number of hydrogen-bond acceptors (Lipinski definition) is 4. The van der Waals surface area contributed by atoms with E-state index >= 15 is 0 Å². The Hall–Kier alpha value is -2.48. The number of anilines is 1. The first kappa shape index (κ1) is 16.9. The summed E-state index contributed by atoms with van der Waals surface area (Å²) in [5.41, 5.74) is -1.08. The summed E-state index contributed by atoms with van der Waals surface area (Å²) in [6.07, 6.45) is -2.26. The van der Waals surface area contributed by atoms with Gasteiger partial charge in [0, 0.05) is 5.69 Å². The van der Waals surface area contributed by atoms with Crippen molar-refractivity contribution in [1.29, 1.82) is 0 Å². The van der Waals surface area contributed by atoms with Gasteiger partial charge in [0.1, 0.15) is 6.26 Å². The number of carbonyl (C=O) groups is 2. The van der Waals surface area contributed by atoms with Gasteiger partial charge in [-0.2, -0.15) is 13.2 Å². The fraction of sp³-hybridized carbons (Fsp3) is 0.143. The smallest absolute Gasteiger partial charge is 0.417 e. The van der Waals surface area contributed by atoms with Crippen LogP contribution in [0.3, 0.4) is 0 Å². The van der Waals surface area contributed by atoms with Crippen LogP contribution in [0.5, 0.6) is 0 Å². The van der Waals surface area contributed by atoms with E-state index in [2.05, 4.69) is 14.5 Å². The molecule has 23 heavy (non-hydrogen) atoms. The van der Waals surface area contributed by atoms with E-state index in [9.17, 15) is 22.8 Å². The van der Waals surface area contributed by atoms with E-state index in [1.54, 1.807) is 0 Å². The molecule has 0 saturated carbocycles. The van der Waals surface area contributed by atoms with Crippen LogP contribution >= 0.6 is 11.6 Å². The average Bonchev–Trinajstić information content (AvgIpc) is 3.00. The van der Waals surface area contributed by atoms with E-state index < -0.39 is 35.2 Å². The molecule has 0 spiro atoms. The van der Waals surface area contributed by atoms with Crippen molar-refractivity contribution in [2.24, 2.45) is 0 Å². The number of halogens is 4. The maximum absolute atomic E-state index is 12.7. The fourth-order valence-electron chi connectivity index (χ4n) is 1.61. The van der Waals surface area contributed by atoms with Gasteiger partial charge in [-0.25, -0.2) is 4.79 Å². The van der Waals surface area contributed by atoms with Crippen molar-refractivity contribution in [1.82, 2.24) is 0 Å². The first-order chi connectivity index (χ1) is 10.8. The second-order valence-corrected chi connectivity index (χ2v) is 4.74. The minimum atomic E-state index is -4.65. The van der Waals surface area contributed by atoms with Gasteiger partial charge in [-0.1, -0.05) is 11.6 Å². The number of furan rings is 1. The van der Waals surface area contributed by atoms with Crippen molar-refractivity contribution in [3.8, 4) is 0 Å². The standard InChI is InChI=1S/C14H9ClF3NO4/c15-11-2-1-9(5-10(11)14(16,17)18)19-12(20)7-23-13(21)8-3-4-22-6-8/h1-6H,7H2,(H,19,20). The summed E-state index contributed by atoms with van der Waals surface area (Å²) in [6, 6.07) is 4.25. The van der Waals surface area contributed by atoms with Crippen molar-refractivity contribution in [2.45, 2.75) is 6.18 Å². The van der Waals surface area contributed by atoms with Gasteiger partial charge in [-0.05, 0) is 24.3 Å². The molecular weight excluding hydrogens is 339 g/mol. The highest BCUT2D eigenvalue weighted by Gasteiger charge is 2.33. The SMILES string of the molecule is O=C(COC(=O)c1ccoc1)Nc1ccc(Cl)c(C(F)(F)F)c1. The summed E-state index contributed by atoms with van der Waals surface area (Å²) in [5.74, 6) is -1.58. The molecule has 1 aromatic heterocycles. The third kappa shape index (κ3) is 4.49. The monoisotopic (exact) mass is 347 g/mol. The van der Waals surface area contributed by atoms with Crippen LogP contribution in [-0.2, 0) is 15.7 Å². The number of rotatable bonds is 4. The van der Waals surface area contributed by atoms with E-state index in [0.717, 1.165) is 12.3 Å². The summed E-state index contributed by atoms with van der Waals surface area (Å²) in [5, 5.41) is 1.70. The van der Waals surface area contributed by atoms with E-state index in [0.29, 0.717) is 6.07 Å². The predicted molar refractivity (Wildman–Crippen MR) is 74.1 cm³/mol. The quantitative estimate of drug-likeness (QED) is 0.855. The van der Waals surface area contributed by atoms with Crippen LogP contribution in [0.2, 0.25) is 5.02 Å². The Kier molecular flexibility index (Phi) is 4.95. The summed E-state index contributed by atoms with van der Waals surface area (Å²) >= 11 is 5.47. The molecular formula is C14H9ClF3NO4. The number of carbonyl (C=O) groups excluding carboxylic acids is 2. The average molecular weight is 348 g/mol. The number of hydrogen-bond donors (Lipinski definition) is 1. The van der Waals surface area contributed by atoms with Crippen molar-refractivity contribution < 1.29 is 31.9 Å². The van der Waals surface area contributed by atoms with Gasteiger partial charge in [0.2, 0.25) is 0 Å². The third-order valence-corrected chi connectivity index (χ3v) is 2.98. The van der Waals surface area contributed by atoms with Crippen LogP contribution in [-0.4, -0.2) is 18.5 Å². The zero-order valence-corrected chi connectivity index (χ0v) is 12.1. The number of benzene rings is 1. The van der Waals surface area contributed by atoms with E-state index in [1.807, 2.05) is 0 Å². The number of ether oxygens (including phenoxy) is 1. The minimum Gasteiger partial charge on any atom is -0.472 e. The lowest BCUT2D eigenvalue weighted by Gasteiger charge is -2.11. The van der Waals surface area contributed by atoms with Gasteiger partial charge in [0.25, 0.3) is 5.91 Å². The maximum atomic E-state index is 12.7. The van der Waals surface area contributed by atoms with Gasteiger partial charge >= 0.3 is 12.1 Å². The molecule has 2 aromatic rings. The van der Waals surface area contributed by atoms with Gasteiger partial charge in [-0.3, -0.25) is 4.79 Å². The van der Waals surface area contributed by atoms with Crippen molar-refractivity contribution >= 4 is 29.2 Å². The highest BCUT2D eigenvalue weighted by atomic mass is 35.5. The summed E-state index contributed by atoms with van der Waals surface area (Å²) in [6.45, 7) is -0.659. The minimum absolute atomic E-state index is 0.114. The topological polar surface area (TPSA) is 68.5 Å². The van der Waals surface area contributed by atoms with Gasteiger partial charge in [-0.15, -0.1) is 0 Å². The van der Waals surface area contributed by atoms with Crippen LogP contribution < -0.4 is 5.32 Å². The molecule has 0 saturated heterocycles. The van der Waals surface area contributed by atoms with Crippen molar-refractivity contribution in [3.05, 3.63) is 52.9 Å². The van der Waals surface area contributed by atoms with E-state index in [-0.39, 0.29) is 11.3 Å². The van der Waals surface area contributed by atoms with Gasteiger partial charge in [0.15, 0.2) is 6.61 Å². The Labute approximate surface area is 133 Å². The summed E-state index contributed by atoms with van der Waals surface area (Å²) < 4.78 is 47.5. The first-order valence-corrected chi connectivity index (χ1v) is 6.51. The zero-order chi connectivity index (χ0) is 17.0. The molecule has 0 aliphatic heterocycles. The molecule has 0 aliphatic rings. The van der Waals surface area contributed by atoms with Crippen LogP contribution in [0.1, 0.15) is 15.9 Å².